The fourth-order valence-corrected chi connectivity index (χ4v) is 4.62. The first kappa shape index (κ1) is 21.8. The summed E-state index contributed by atoms with van der Waals surface area (Å²) in [6, 6.07) is 5.33. The number of pyridine rings is 2. The van der Waals surface area contributed by atoms with E-state index in [0.29, 0.717) is 57.5 Å². The van der Waals surface area contributed by atoms with Gasteiger partial charge in [-0.1, -0.05) is 0 Å². The molecule has 0 radical (unpaired) electrons. The lowest BCUT2D eigenvalue weighted by Gasteiger charge is -2.13. The topological polar surface area (TPSA) is 149 Å². The highest BCUT2D eigenvalue weighted by molar-refractivity contribution is 5.99. The first-order valence-corrected chi connectivity index (χ1v) is 11.3. The maximum atomic E-state index is 15.4. The lowest BCUT2D eigenvalue weighted by atomic mass is 9.97. The minimum absolute atomic E-state index is 0.0256. The van der Waals surface area contributed by atoms with Gasteiger partial charge >= 0.3 is 0 Å². The Labute approximate surface area is 203 Å². The Kier molecular flexibility index (Phi) is 4.78. The average Bonchev–Trinajstić information content (AvgIpc) is 3.30. The summed E-state index contributed by atoms with van der Waals surface area (Å²) >= 11 is 0. The number of H-pyrrole nitrogens is 1. The molecule has 11 nitrogen and oxygen atoms in total. The van der Waals surface area contributed by atoms with Crippen LogP contribution in [0.3, 0.4) is 0 Å². The maximum Gasteiger partial charge on any atom is 0.292 e. The zero-order valence-corrected chi connectivity index (χ0v) is 19.5. The number of carbonyl (C=O) groups is 1. The summed E-state index contributed by atoms with van der Waals surface area (Å²) < 4.78 is 18.4. The molecule has 0 saturated carbocycles. The van der Waals surface area contributed by atoms with Gasteiger partial charge in [-0.2, -0.15) is 5.10 Å². The molecular weight excluding hydrogens is 465 g/mol. The van der Waals surface area contributed by atoms with Gasteiger partial charge < -0.3 is 16.4 Å². The first-order chi connectivity index (χ1) is 17.3. The fraction of sp³-hybridized carbons (Fsp3) is 0.208. The van der Waals surface area contributed by atoms with Crippen molar-refractivity contribution in [2.45, 2.75) is 19.9 Å². The summed E-state index contributed by atoms with van der Waals surface area (Å²) in [5, 5.41) is 14.6. The number of nitrogens with zero attached hydrogens (tertiary/aromatic N) is 5. The molecule has 1 aliphatic heterocycles. The van der Waals surface area contributed by atoms with E-state index in [1.807, 2.05) is 6.07 Å². The standard InChI is InChI=1S/C24H22FN9O2/c1-11-15(8-29-23-22(11)32-33(2)24(23)36)14-5-12-6-17(28-9-16(12)21(26)20(14)25)30-18-7-13-3-4-27-19(35)10-34(13)31-18/h5-9,32H,3-4,10,26H2,1-2H3,(H,27,35)(H,28,30,31). The Morgan fingerprint density at radius 3 is 2.78 bits per heavy atom. The Morgan fingerprint density at radius 1 is 1.11 bits per heavy atom. The summed E-state index contributed by atoms with van der Waals surface area (Å²) in [5.41, 5.74) is 9.15. The molecule has 0 unspecified atom stereocenters. The Balaban J connectivity index is 1.42. The van der Waals surface area contributed by atoms with Gasteiger partial charge in [0.15, 0.2) is 17.2 Å². The van der Waals surface area contributed by atoms with Crippen LogP contribution in [0, 0.1) is 12.7 Å². The average molecular weight is 487 g/mol. The third-order valence-corrected chi connectivity index (χ3v) is 6.53. The molecular formula is C24H22FN9O2. The van der Waals surface area contributed by atoms with Crippen LogP contribution in [0.5, 0.6) is 0 Å². The number of nitrogens with one attached hydrogen (secondary N) is 3. The molecule has 1 amide bonds. The predicted molar refractivity (Wildman–Crippen MR) is 133 cm³/mol. The number of amides is 1. The highest BCUT2D eigenvalue weighted by atomic mass is 19.1. The lowest BCUT2D eigenvalue weighted by molar-refractivity contribution is -0.121. The fourth-order valence-electron chi connectivity index (χ4n) is 4.62. The number of halogens is 1. The van der Waals surface area contributed by atoms with Gasteiger partial charge in [-0.15, -0.1) is 0 Å². The molecule has 6 rings (SSSR count). The van der Waals surface area contributed by atoms with Crippen molar-refractivity contribution in [3.8, 4) is 11.1 Å². The zero-order valence-electron chi connectivity index (χ0n) is 19.5. The second-order valence-electron chi connectivity index (χ2n) is 8.84. The number of benzene rings is 1. The molecule has 1 aliphatic rings. The van der Waals surface area contributed by atoms with Crippen molar-refractivity contribution < 1.29 is 9.18 Å². The van der Waals surface area contributed by atoms with Gasteiger partial charge in [0.1, 0.15) is 12.4 Å². The molecule has 5 N–H and O–H groups in total. The summed E-state index contributed by atoms with van der Waals surface area (Å²) in [5.74, 6) is 0.388. The monoisotopic (exact) mass is 487 g/mol. The van der Waals surface area contributed by atoms with E-state index in [0.717, 1.165) is 5.69 Å². The predicted octanol–water partition coefficient (Wildman–Crippen LogP) is 2.12. The molecule has 182 valence electrons. The molecule has 0 fully saturated rings. The molecule has 0 atom stereocenters. The number of nitrogen functional groups attached to an aromatic ring is 1. The molecule has 0 aliphatic carbocycles. The number of fused-ring (bicyclic) bond motifs is 3. The zero-order chi connectivity index (χ0) is 25.1. The van der Waals surface area contributed by atoms with Crippen LogP contribution < -0.4 is 21.9 Å². The van der Waals surface area contributed by atoms with Crippen molar-refractivity contribution in [3.63, 3.8) is 0 Å². The summed E-state index contributed by atoms with van der Waals surface area (Å²) in [6.07, 6.45) is 3.68. The summed E-state index contributed by atoms with van der Waals surface area (Å²) in [4.78, 5) is 32.7. The molecule has 1 aromatic carbocycles. The molecule has 4 aromatic heterocycles. The van der Waals surface area contributed by atoms with Crippen LogP contribution in [-0.2, 0) is 24.8 Å². The van der Waals surface area contributed by atoms with Gasteiger partial charge in [0.05, 0.1) is 11.2 Å². The first-order valence-electron chi connectivity index (χ1n) is 11.3. The number of aromatic amines is 1. The van der Waals surface area contributed by atoms with Crippen LogP contribution in [0.25, 0.3) is 32.9 Å². The smallest absolute Gasteiger partial charge is 0.292 e. The molecule has 0 spiro atoms. The highest BCUT2D eigenvalue weighted by Gasteiger charge is 2.19. The third kappa shape index (κ3) is 3.37. The van der Waals surface area contributed by atoms with E-state index in [2.05, 4.69) is 30.8 Å². The number of rotatable bonds is 3. The molecule has 12 heteroatoms. The number of anilines is 3. The van der Waals surface area contributed by atoms with E-state index in [-0.39, 0.29) is 29.3 Å². The van der Waals surface area contributed by atoms with Crippen LogP contribution in [0.2, 0.25) is 0 Å². The normalized spacial score (nSPS) is 13.6. The number of hydrogen-bond donors (Lipinski definition) is 4. The van der Waals surface area contributed by atoms with Gasteiger partial charge in [0.2, 0.25) is 5.91 Å². The number of hydrogen-bond acceptors (Lipinski definition) is 7. The quantitative estimate of drug-likeness (QED) is 0.285. The number of aromatic nitrogens is 6. The Hall–Kier alpha value is -4.74. The molecule has 0 bridgehead atoms. The number of nitrogens with two attached hydrogens (primary N) is 1. The van der Waals surface area contributed by atoms with Gasteiger partial charge in [0.25, 0.3) is 5.56 Å². The largest absolute Gasteiger partial charge is 0.396 e. The third-order valence-electron chi connectivity index (χ3n) is 6.53. The van der Waals surface area contributed by atoms with Crippen molar-refractivity contribution in [2.24, 2.45) is 7.05 Å². The Bertz CT molecular complexity index is 1770. The van der Waals surface area contributed by atoms with Crippen LogP contribution >= 0.6 is 0 Å². The second kappa shape index (κ2) is 7.90. The van der Waals surface area contributed by atoms with Crippen molar-refractivity contribution in [3.05, 3.63) is 58.0 Å². The Morgan fingerprint density at radius 2 is 1.94 bits per heavy atom. The molecule has 5 heterocycles. The van der Waals surface area contributed by atoms with Crippen LogP contribution in [0.15, 0.2) is 35.4 Å². The van der Waals surface area contributed by atoms with E-state index in [4.69, 9.17) is 5.73 Å². The van der Waals surface area contributed by atoms with Crippen molar-refractivity contribution in [1.82, 2.24) is 34.8 Å². The van der Waals surface area contributed by atoms with E-state index in [1.165, 1.54) is 17.1 Å². The van der Waals surface area contributed by atoms with Gasteiger partial charge in [-0.3, -0.25) is 24.1 Å². The lowest BCUT2D eigenvalue weighted by Crippen LogP contribution is -2.25. The van der Waals surface area contributed by atoms with Crippen LogP contribution in [0.1, 0.15) is 11.3 Å². The van der Waals surface area contributed by atoms with E-state index >= 15 is 4.39 Å². The van der Waals surface area contributed by atoms with Crippen molar-refractivity contribution >= 4 is 45.0 Å². The van der Waals surface area contributed by atoms with Gasteiger partial charge in [-0.05, 0) is 30.0 Å². The summed E-state index contributed by atoms with van der Waals surface area (Å²) in [7, 11) is 1.60. The van der Waals surface area contributed by atoms with Crippen molar-refractivity contribution in [2.75, 3.05) is 17.6 Å². The SMILES string of the molecule is Cc1c(-c2cc3cc(Nc4cc5n(n4)CC(=O)NCC5)ncc3c(N)c2F)cnc2c(=O)n(C)[nH]c12. The number of carbonyl (C=O) groups excluding carboxylic acids is 1. The van der Waals surface area contributed by atoms with Crippen LogP contribution in [0.4, 0.5) is 21.7 Å². The molecule has 0 saturated heterocycles. The van der Waals surface area contributed by atoms with Crippen molar-refractivity contribution in [1.29, 1.82) is 0 Å². The van der Waals surface area contributed by atoms with Crippen LogP contribution in [-0.4, -0.2) is 42.0 Å². The van der Waals surface area contributed by atoms with E-state index < -0.39 is 5.82 Å². The van der Waals surface area contributed by atoms with E-state index in [1.54, 1.807) is 30.8 Å². The maximum absolute atomic E-state index is 15.4. The summed E-state index contributed by atoms with van der Waals surface area (Å²) in [6.45, 7) is 2.52. The van der Waals surface area contributed by atoms with E-state index in [9.17, 15) is 9.59 Å². The minimum Gasteiger partial charge on any atom is -0.396 e. The molecule has 36 heavy (non-hydrogen) atoms. The number of aryl methyl sites for hydroxylation is 2. The minimum atomic E-state index is -0.580. The van der Waals surface area contributed by atoms with Gasteiger partial charge in [0, 0.05) is 60.7 Å². The highest BCUT2D eigenvalue weighted by Crippen LogP contribution is 2.36. The van der Waals surface area contributed by atoms with Gasteiger partial charge in [-0.25, -0.2) is 14.4 Å². The molecule has 5 aromatic rings. The second-order valence-corrected chi connectivity index (χ2v) is 8.84.